The molecule has 0 aliphatic carbocycles. The van der Waals surface area contributed by atoms with Crippen molar-refractivity contribution in [2.45, 2.75) is 33.6 Å². The fourth-order valence-corrected chi connectivity index (χ4v) is 3.72. The highest BCUT2D eigenvalue weighted by Gasteiger charge is 2.32. The minimum atomic E-state index is -3.54. The molecule has 0 fully saturated rings. The highest BCUT2D eigenvalue weighted by molar-refractivity contribution is 7.89. The summed E-state index contributed by atoms with van der Waals surface area (Å²) in [6.45, 7) is 6.10. The summed E-state index contributed by atoms with van der Waals surface area (Å²) < 4.78 is 28.5. The Morgan fingerprint density at radius 2 is 1.90 bits per heavy atom. The molecule has 0 bridgehead atoms. The Bertz CT molecular complexity index is 554. The van der Waals surface area contributed by atoms with Gasteiger partial charge >= 0.3 is 0 Å². The number of aryl methyl sites for hydroxylation is 1. The third-order valence-corrected chi connectivity index (χ3v) is 4.94. The van der Waals surface area contributed by atoms with Crippen LogP contribution in [-0.4, -0.2) is 20.8 Å². The average Bonchev–Trinajstić information content (AvgIpc) is 2.35. The Morgan fingerprint density at radius 1 is 1.30 bits per heavy atom. The van der Waals surface area contributed by atoms with Crippen molar-refractivity contribution < 1.29 is 13.2 Å². The van der Waals surface area contributed by atoms with Gasteiger partial charge in [0.05, 0.1) is 17.4 Å². The van der Waals surface area contributed by atoms with E-state index in [1.807, 2.05) is 32.9 Å². The maximum absolute atomic E-state index is 11.4. The topological polar surface area (TPSA) is 69.4 Å². The van der Waals surface area contributed by atoms with Crippen LogP contribution in [0.4, 0.5) is 0 Å². The quantitative estimate of drug-likeness (QED) is 0.839. The highest BCUT2D eigenvalue weighted by Crippen LogP contribution is 2.31. The summed E-state index contributed by atoms with van der Waals surface area (Å²) in [5, 5.41) is 5.71. The number of rotatable bonds is 7. The lowest BCUT2D eigenvalue weighted by molar-refractivity contribution is 0.154. The maximum Gasteiger partial charge on any atom is 0.209 e. The van der Waals surface area contributed by atoms with E-state index in [4.69, 9.17) is 21.5 Å². The van der Waals surface area contributed by atoms with Crippen molar-refractivity contribution in [3.05, 3.63) is 28.8 Å². The Hall–Kier alpha value is -0.780. The molecule has 0 atom stereocenters. The molecular weight excluding hydrogens is 298 g/mol. The van der Waals surface area contributed by atoms with E-state index in [-0.39, 0.29) is 12.4 Å². The molecule has 20 heavy (non-hydrogen) atoms. The molecule has 6 heteroatoms. The summed E-state index contributed by atoms with van der Waals surface area (Å²) in [6.07, 6.45) is 1.34. The molecule has 0 unspecified atom stereocenters. The van der Waals surface area contributed by atoms with E-state index in [0.717, 1.165) is 5.56 Å². The lowest BCUT2D eigenvalue weighted by Gasteiger charge is -2.30. The lowest BCUT2D eigenvalue weighted by Crippen LogP contribution is -2.37. The van der Waals surface area contributed by atoms with Crippen molar-refractivity contribution in [3.63, 3.8) is 0 Å². The second-order valence-corrected chi connectivity index (χ2v) is 7.26. The number of hydrogen-bond donors (Lipinski definition) is 1. The van der Waals surface area contributed by atoms with Gasteiger partial charge in [-0.2, -0.15) is 0 Å². The molecule has 0 aliphatic rings. The van der Waals surface area contributed by atoms with Gasteiger partial charge in [-0.1, -0.05) is 31.5 Å². The van der Waals surface area contributed by atoms with Crippen molar-refractivity contribution in [2.75, 3.05) is 12.4 Å². The zero-order valence-electron chi connectivity index (χ0n) is 12.1. The molecule has 0 spiro atoms. The molecule has 0 aromatic heterocycles. The van der Waals surface area contributed by atoms with Crippen LogP contribution in [0.5, 0.6) is 5.75 Å². The second kappa shape index (κ2) is 6.78. The number of ether oxygens (including phenoxy) is 1. The zero-order chi connectivity index (χ0) is 15.4. The zero-order valence-corrected chi connectivity index (χ0v) is 13.7. The van der Waals surface area contributed by atoms with Crippen molar-refractivity contribution >= 4 is 21.6 Å². The van der Waals surface area contributed by atoms with Crippen LogP contribution in [0.3, 0.4) is 0 Å². The SMILES string of the molecule is CCC(CC)(COc1ccc(C)cc1Cl)CS(N)(=O)=O. The van der Waals surface area contributed by atoms with E-state index >= 15 is 0 Å². The number of hydrogen-bond acceptors (Lipinski definition) is 3. The first-order valence-electron chi connectivity index (χ1n) is 6.61. The highest BCUT2D eigenvalue weighted by atomic mass is 35.5. The lowest BCUT2D eigenvalue weighted by atomic mass is 9.85. The Labute approximate surface area is 126 Å². The molecule has 0 radical (unpaired) electrons. The van der Waals surface area contributed by atoms with E-state index in [0.29, 0.717) is 23.6 Å². The average molecular weight is 320 g/mol. The van der Waals surface area contributed by atoms with E-state index in [2.05, 4.69) is 0 Å². The standard InChI is InChI=1S/C14H22ClNO3S/c1-4-14(5-2,10-20(16,17)18)9-19-13-7-6-11(3)8-12(13)15/h6-8H,4-5,9-10H2,1-3H3,(H2,16,17,18). The van der Waals surface area contributed by atoms with Gasteiger partial charge in [-0.15, -0.1) is 0 Å². The normalized spacial score (nSPS) is 12.4. The summed E-state index contributed by atoms with van der Waals surface area (Å²) in [4.78, 5) is 0. The summed E-state index contributed by atoms with van der Waals surface area (Å²) >= 11 is 6.11. The third kappa shape index (κ3) is 4.96. The maximum atomic E-state index is 11.4. The van der Waals surface area contributed by atoms with Gasteiger partial charge in [0.15, 0.2) is 0 Å². The molecular formula is C14H22ClNO3S. The number of sulfonamides is 1. The first kappa shape index (κ1) is 17.3. The van der Waals surface area contributed by atoms with Gasteiger partial charge in [0.1, 0.15) is 5.75 Å². The van der Waals surface area contributed by atoms with Crippen LogP contribution in [0.25, 0.3) is 0 Å². The Kier molecular flexibility index (Phi) is 5.86. The first-order chi connectivity index (χ1) is 9.21. The van der Waals surface area contributed by atoms with Crippen LogP contribution < -0.4 is 9.88 Å². The largest absolute Gasteiger partial charge is 0.491 e. The number of halogens is 1. The first-order valence-corrected chi connectivity index (χ1v) is 8.70. The molecule has 114 valence electrons. The molecule has 1 aromatic carbocycles. The molecule has 0 amide bonds. The molecule has 2 N–H and O–H groups in total. The second-order valence-electron chi connectivity index (χ2n) is 5.24. The van der Waals surface area contributed by atoms with Gasteiger partial charge in [-0.25, -0.2) is 13.6 Å². The molecule has 0 heterocycles. The predicted octanol–water partition coefficient (Wildman–Crippen LogP) is 3.12. The number of nitrogens with two attached hydrogens (primary N) is 1. The molecule has 0 aliphatic heterocycles. The molecule has 0 saturated carbocycles. The van der Waals surface area contributed by atoms with E-state index < -0.39 is 15.4 Å². The smallest absolute Gasteiger partial charge is 0.209 e. The molecule has 1 rings (SSSR count). The van der Waals surface area contributed by atoms with Crippen molar-refractivity contribution in [2.24, 2.45) is 10.6 Å². The van der Waals surface area contributed by atoms with E-state index in [1.165, 1.54) is 0 Å². The van der Waals surface area contributed by atoms with Crippen LogP contribution in [0, 0.1) is 12.3 Å². The van der Waals surface area contributed by atoms with Gasteiger partial charge in [0.2, 0.25) is 10.0 Å². The van der Waals surface area contributed by atoms with Gasteiger partial charge < -0.3 is 4.74 Å². The van der Waals surface area contributed by atoms with Crippen LogP contribution in [0.1, 0.15) is 32.3 Å². The monoisotopic (exact) mass is 319 g/mol. The van der Waals surface area contributed by atoms with Gasteiger partial charge in [0.25, 0.3) is 0 Å². The van der Waals surface area contributed by atoms with Crippen LogP contribution in [0.2, 0.25) is 5.02 Å². The predicted molar refractivity (Wildman–Crippen MR) is 82.7 cm³/mol. The Morgan fingerprint density at radius 3 is 2.35 bits per heavy atom. The third-order valence-electron chi connectivity index (χ3n) is 3.63. The molecule has 1 aromatic rings. The fourth-order valence-electron chi connectivity index (χ4n) is 2.08. The minimum absolute atomic E-state index is 0.0868. The van der Waals surface area contributed by atoms with E-state index in [9.17, 15) is 8.42 Å². The minimum Gasteiger partial charge on any atom is -0.491 e. The summed E-state index contributed by atoms with van der Waals surface area (Å²) in [6, 6.07) is 5.52. The van der Waals surface area contributed by atoms with Crippen LogP contribution in [0.15, 0.2) is 18.2 Å². The van der Waals surface area contributed by atoms with E-state index in [1.54, 1.807) is 6.07 Å². The van der Waals surface area contributed by atoms with Crippen LogP contribution in [-0.2, 0) is 10.0 Å². The van der Waals surface area contributed by atoms with Crippen molar-refractivity contribution in [1.29, 1.82) is 0 Å². The van der Waals surface area contributed by atoms with Crippen molar-refractivity contribution in [1.82, 2.24) is 0 Å². The molecule has 4 nitrogen and oxygen atoms in total. The fraction of sp³-hybridized carbons (Fsp3) is 0.571. The molecule has 0 saturated heterocycles. The number of benzene rings is 1. The summed E-state index contributed by atoms with van der Waals surface area (Å²) in [5.41, 5.74) is 0.561. The number of primary sulfonamides is 1. The van der Waals surface area contributed by atoms with Gasteiger partial charge in [0, 0.05) is 5.41 Å². The Balaban J connectivity index is 2.86. The van der Waals surface area contributed by atoms with Gasteiger partial charge in [-0.05, 0) is 37.5 Å². The van der Waals surface area contributed by atoms with Crippen molar-refractivity contribution in [3.8, 4) is 5.75 Å². The summed E-state index contributed by atoms with van der Waals surface area (Å²) in [7, 11) is -3.54. The van der Waals surface area contributed by atoms with Gasteiger partial charge in [-0.3, -0.25) is 0 Å². The van der Waals surface area contributed by atoms with Crippen LogP contribution >= 0.6 is 11.6 Å². The summed E-state index contributed by atoms with van der Waals surface area (Å²) in [5.74, 6) is 0.481.